The molecule has 0 aliphatic rings. The van der Waals surface area contributed by atoms with Gasteiger partial charge in [0.1, 0.15) is 24.2 Å². The first-order valence-electron chi connectivity index (χ1n) is 10.3. The Morgan fingerprint density at radius 1 is 0.971 bits per heavy atom. The van der Waals surface area contributed by atoms with Gasteiger partial charge in [-0.3, -0.25) is 19.2 Å². The number of nitrogens with two attached hydrogens (primary N) is 1. The molecule has 0 saturated heterocycles. The number of aliphatic hydroxyl groups is 2. The van der Waals surface area contributed by atoms with Crippen molar-refractivity contribution in [3.05, 3.63) is 18.2 Å². The van der Waals surface area contributed by atoms with Crippen molar-refractivity contribution in [3.63, 3.8) is 0 Å². The van der Waals surface area contributed by atoms with Crippen molar-refractivity contribution in [1.82, 2.24) is 25.9 Å². The topological polar surface area (TPSA) is 257 Å². The Bertz CT molecular complexity index is 858. The largest absolute Gasteiger partial charge is 0.481 e. The molecule has 3 amide bonds. The average molecular weight is 486 g/mol. The second kappa shape index (κ2) is 13.2. The molecule has 15 heteroatoms. The fraction of sp³-hybridized carbons (Fsp3) is 0.579. The fourth-order valence-corrected chi connectivity index (χ4v) is 2.76. The maximum atomic E-state index is 12.7. The van der Waals surface area contributed by atoms with Gasteiger partial charge in [-0.2, -0.15) is 0 Å². The van der Waals surface area contributed by atoms with Gasteiger partial charge in [0.25, 0.3) is 0 Å². The van der Waals surface area contributed by atoms with Crippen molar-refractivity contribution in [2.45, 2.75) is 69.5 Å². The highest BCUT2D eigenvalue weighted by Crippen LogP contribution is 2.05. The van der Waals surface area contributed by atoms with Gasteiger partial charge >= 0.3 is 11.9 Å². The summed E-state index contributed by atoms with van der Waals surface area (Å²) in [4.78, 5) is 66.5. The number of aromatic nitrogens is 2. The van der Waals surface area contributed by atoms with Gasteiger partial charge in [0, 0.05) is 24.7 Å². The average Bonchev–Trinajstić information content (AvgIpc) is 3.25. The number of carbonyl (C=O) groups is 5. The Morgan fingerprint density at radius 2 is 1.59 bits per heavy atom. The van der Waals surface area contributed by atoms with E-state index in [1.165, 1.54) is 26.4 Å². The minimum Gasteiger partial charge on any atom is -0.481 e. The Kier molecular flexibility index (Phi) is 11.1. The SMILES string of the molecule is CC(O)C(N)C(=O)NC(CCC(=O)O)C(=O)NC(C(=O)NC(Cc1cnc[nH]1)C(=O)O)C(C)O. The van der Waals surface area contributed by atoms with Crippen LogP contribution in [0.15, 0.2) is 12.5 Å². The van der Waals surface area contributed by atoms with E-state index in [-0.39, 0.29) is 12.8 Å². The molecule has 0 bridgehead atoms. The van der Waals surface area contributed by atoms with Gasteiger partial charge in [-0.1, -0.05) is 0 Å². The van der Waals surface area contributed by atoms with Crippen LogP contribution in [-0.2, 0) is 30.4 Å². The number of hydrogen-bond donors (Lipinski definition) is 9. The van der Waals surface area contributed by atoms with E-state index in [0.717, 1.165) is 0 Å². The smallest absolute Gasteiger partial charge is 0.326 e. The van der Waals surface area contributed by atoms with Crippen LogP contribution < -0.4 is 21.7 Å². The molecular weight excluding hydrogens is 456 g/mol. The van der Waals surface area contributed by atoms with Crippen LogP contribution in [0.2, 0.25) is 0 Å². The molecule has 1 aromatic heterocycles. The number of rotatable bonds is 14. The third-order valence-corrected chi connectivity index (χ3v) is 4.76. The van der Waals surface area contributed by atoms with Crippen LogP contribution in [0.1, 0.15) is 32.4 Å². The number of nitrogens with zero attached hydrogens (tertiary/aromatic N) is 1. The Morgan fingerprint density at radius 3 is 2.06 bits per heavy atom. The van der Waals surface area contributed by atoms with Crippen molar-refractivity contribution >= 4 is 29.7 Å². The quantitative estimate of drug-likeness (QED) is 0.124. The lowest BCUT2D eigenvalue weighted by Crippen LogP contribution is -2.60. The number of aliphatic hydroxyl groups excluding tert-OH is 2. The zero-order valence-corrected chi connectivity index (χ0v) is 18.6. The second-order valence-electron chi connectivity index (χ2n) is 7.67. The normalized spacial score (nSPS) is 16.3. The number of carboxylic acid groups (broad SMARTS) is 2. The Labute approximate surface area is 194 Å². The van der Waals surface area contributed by atoms with E-state index in [2.05, 4.69) is 25.9 Å². The standard InChI is InChI=1S/C19H30N6O9/c1-8(26)14(20)17(31)23-11(3-4-13(28)29)16(30)25-15(9(2)27)18(32)24-12(19(33)34)5-10-6-21-7-22-10/h6-9,11-12,14-15,26-27H,3-5,20H2,1-2H3,(H,21,22)(H,23,31)(H,24,32)(H,25,30)(H,28,29)(H,33,34). The van der Waals surface area contributed by atoms with Gasteiger partial charge in [-0.05, 0) is 20.3 Å². The molecule has 190 valence electrons. The molecule has 6 atom stereocenters. The minimum absolute atomic E-state index is 0.157. The first-order valence-corrected chi connectivity index (χ1v) is 10.3. The van der Waals surface area contributed by atoms with Crippen LogP contribution in [0.3, 0.4) is 0 Å². The summed E-state index contributed by atoms with van der Waals surface area (Å²) in [5.41, 5.74) is 5.94. The zero-order valence-electron chi connectivity index (χ0n) is 18.6. The molecule has 1 rings (SSSR count). The van der Waals surface area contributed by atoms with Gasteiger partial charge < -0.3 is 47.1 Å². The molecule has 0 spiro atoms. The molecule has 0 radical (unpaired) electrons. The Balaban J connectivity index is 2.96. The van der Waals surface area contributed by atoms with Gasteiger partial charge in [-0.25, -0.2) is 9.78 Å². The number of carboxylic acids is 2. The van der Waals surface area contributed by atoms with Crippen LogP contribution >= 0.6 is 0 Å². The van der Waals surface area contributed by atoms with Gasteiger partial charge in [0.15, 0.2) is 0 Å². The number of carbonyl (C=O) groups excluding carboxylic acids is 3. The predicted molar refractivity (Wildman–Crippen MR) is 114 cm³/mol. The summed E-state index contributed by atoms with van der Waals surface area (Å²) in [7, 11) is 0. The maximum Gasteiger partial charge on any atom is 0.326 e. The molecule has 10 N–H and O–H groups in total. The lowest BCUT2D eigenvalue weighted by Gasteiger charge is -2.26. The third kappa shape index (κ3) is 9.13. The van der Waals surface area contributed by atoms with Crippen molar-refractivity contribution in [2.75, 3.05) is 0 Å². The number of hydrogen-bond acceptors (Lipinski definition) is 9. The summed E-state index contributed by atoms with van der Waals surface area (Å²) >= 11 is 0. The monoisotopic (exact) mass is 486 g/mol. The Hall–Kier alpha value is -3.56. The summed E-state index contributed by atoms with van der Waals surface area (Å²) in [5.74, 6) is -5.63. The maximum absolute atomic E-state index is 12.7. The van der Waals surface area contributed by atoms with Gasteiger partial charge in [0.05, 0.1) is 18.5 Å². The molecule has 0 aliphatic heterocycles. The van der Waals surface area contributed by atoms with Gasteiger partial charge in [-0.15, -0.1) is 0 Å². The molecule has 34 heavy (non-hydrogen) atoms. The summed E-state index contributed by atoms with van der Waals surface area (Å²) in [6.07, 6.45) is -1.13. The predicted octanol–water partition coefficient (Wildman–Crippen LogP) is -3.56. The first kappa shape index (κ1) is 28.5. The van der Waals surface area contributed by atoms with Crippen molar-refractivity contribution in [2.24, 2.45) is 5.73 Å². The highest BCUT2D eigenvalue weighted by atomic mass is 16.4. The lowest BCUT2D eigenvalue weighted by atomic mass is 10.1. The summed E-state index contributed by atoms with van der Waals surface area (Å²) in [6, 6.07) is -5.93. The molecule has 1 heterocycles. The van der Waals surface area contributed by atoms with Crippen LogP contribution in [0, 0.1) is 0 Å². The number of H-pyrrole nitrogens is 1. The molecule has 0 aliphatic carbocycles. The molecule has 0 saturated carbocycles. The number of aliphatic carboxylic acids is 2. The molecule has 0 fully saturated rings. The van der Waals surface area contributed by atoms with Crippen LogP contribution in [0.4, 0.5) is 0 Å². The highest BCUT2D eigenvalue weighted by Gasteiger charge is 2.33. The number of amides is 3. The van der Waals surface area contributed by atoms with Gasteiger partial charge in [0.2, 0.25) is 17.7 Å². The summed E-state index contributed by atoms with van der Waals surface area (Å²) in [5, 5.41) is 44.4. The van der Waals surface area contributed by atoms with E-state index in [1.807, 2.05) is 0 Å². The van der Waals surface area contributed by atoms with Crippen molar-refractivity contribution in [1.29, 1.82) is 0 Å². The van der Waals surface area contributed by atoms with E-state index in [9.17, 15) is 39.3 Å². The van der Waals surface area contributed by atoms with E-state index in [0.29, 0.717) is 5.69 Å². The summed E-state index contributed by atoms with van der Waals surface area (Å²) in [6.45, 7) is 2.41. The summed E-state index contributed by atoms with van der Waals surface area (Å²) < 4.78 is 0. The molecule has 15 nitrogen and oxygen atoms in total. The number of imidazole rings is 1. The van der Waals surface area contributed by atoms with Crippen LogP contribution in [0.5, 0.6) is 0 Å². The second-order valence-corrected chi connectivity index (χ2v) is 7.67. The van der Waals surface area contributed by atoms with Crippen molar-refractivity contribution < 1.29 is 44.4 Å². The number of nitrogens with one attached hydrogen (secondary N) is 4. The highest BCUT2D eigenvalue weighted by molar-refractivity contribution is 5.94. The molecule has 6 unspecified atom stereocenters. The molecular formula is C19H30N6O9. The van der Waals surface area contributed by atoms with Crippen LogP contribution in [-0.4, -0.2) is 96.4 Å². The van der Waals surface area contributed by atoms with Crippen LogP contribution in [0.25, 0.3) is 0 Å². The van der Waals surface area contributed by atoms with E-state index in [1.54, 1.807) is 0 Å². The number of aromatic amines is 1. The minimum atomic E-state index is -1.63. The first-order chi connectivity index (χ1) is 15.8. The van der Waals surface area contributed by atoms with Crippen molar-refractivity contribution in [3.8, 4) is 0 Å². The van der Waals surface area contributed by atoms with E-state index >= 15 is 0 Å². The third-order valence-electron chi connectivity index (χ3n) is 4.76. The fourth-order valence-electron chi connectivity index (χ4n) is 2.76. The lowest BCUT2D eigenvalue weighted by molar-refractivity contribution is -0.143. The zero-order chi connectivity index (χ0) is 26.0. The van der Waals surface area contributed by atoms with E-state index in [4.69, 9.17) is 10.8 Å². The molecule has 1 aromatic rings. The molecule has 0 aromatic carbocycles. The van der Waals surface area contributed by atoms with E-state index < -0.39 is 72.5 Å².